The van der Waals surface area contributed by atoms with Crippen molar-refractivity contribution in [3.63, 3.8) is 0 Å². The molecule has 2 aromatic carbocycles. The van der Waals surface area contributed by atoms with Crippen molar-refractivity contribution in [2.24, 2.45) is 0 Å². The lowest BCUT2D eigenvalue weighted by atomic mass is 10.0. The standard InChI is InChI=1S/C16H17NO3/c1-19-16-5-2-12-10-13(17-6-8-20-9-7-17)3-4-14(12)15(16)11-18/h2-5,10-11H,6-9H2,1H3. The summed E-state index contributed by atoms with van der Waals surface area (Å²) in [5.74, 6) is 0.617. The zero-order valence-corrected chi connectivity index (χ0v) is 11.5. The first-order valence-corrected chi connectivity index (χ1v) is 6.72. The Hall–Kier alpha value is -2.07. The van der Waals surface area contributed by atoms with Gasteiger partial charge in [-0.2, -0.15) is 0 Å². The second kappa shape index (κ2) is 5.51. The van der Waals surface area contributed by atoms with E-state index in [1.165, 1.54) is 5.69 Å². The third kappa shape index (κ3) is 2.23. The fourth-order valence-corrected chi connectivity index (χ4v) is 2.64. The number of hydrogen-bond donors (Lipinski definition) is 0. The number of nitrogens with zero attached hydrogens (tertiary/aromatic N) is 1. The first-order chi connectivity index (χ1) is 9.83. The molecule has 104 valence electrons. The Balaban J connectivity index is 2.05. The number of aldehydes is 1. The Kier molecular flexibility index (Phi) is 3.56. The van der Waals surface area contributed by atoms with Crippen LogP contribution in [0.25, 0.3) is 10.8 Å². The van der Waals surface area contributed by atoms with E-state index >= 15 is 0 Å². The van der Waals surface area contributed by atoms with Crippen LogP contribution in [0.3, 0.4) is 0 Å². The van der Waals surface area contributed by atoms with Crippen LogP contribution in [-0.4, -0.2) is 39.7 Å². The normalized spacial score (nSPS) is 15.3. The topological polar surface area (TPSA) is 38.8 Å². The van der Waals surface area contributed by atoms with Gasteiger partial charge in [0.1, 0.15) is 5.75 Å². The number of benzene rings is 2. The van der Waals surface area contributed by atoms with Crippen molar-refractivity contribution in [1.29, 1.82) is 0 Å². The molecular weight excluding hydrogens is 254 g/mol. The zero-order valence-electron chi connectivity index (χ0n) is 11.5. The Bertz CT molecular complexity index is 633. The number of morpholine rings is 1. The van der Waals surface area contributed by atoms with Crippen molar-refractivity contribution in [2.75, 3.05) is 38.3 Å². The van der Waals surface area contributed by atoms with Crippen LogP contribution >= 0.6 is 0 Å². The van der Waals surface area contributed by atoms with E-state index in [1.807, 2.05) is 18.2 Å². The summed E-state index contributed by atoms with van der Waals surface area (Å²) in [6.45, 7) is 3.34. The van der Waals surface area contributed by atoms with E-state index in [-0.39, 0.29) is 0 Å². The fraction of sp³-hybridized carbons (Fsp3) is 0.312. The van der Waals surface area contributed by atoms with Crippen molar-refractivity contribution in [3.05, 3.63) is 35.9 Å². The van der Waals surface area contributed by atoms with E-state index in [4.69, 9.17) is 9.47 Å². The summed E-state index contributed by atoms with van der Waals surface area (Å²) in [6, 6.07) is 10.00. The number of methoxy groups -OCH3 is 1. The second-order valence-electron chi connectivity index (χ2n) is 4.80. The lowest BCUT2D eigenvalue weighted by molar-refractivity contribution is 0.112. The van der Waals surface area contributed by atoms with Crippen molar-refractivity contribution < 1.29 is 14.3 Å². The van der Waals surface area contributed by atoms with Gasteiger partial charge in [0.05, 0.1) is 25.9 Å². The van der Waals surface area contributed by atoms with Gasteiger partial charge in [-0.15, -0.1) is 0 Å². The molecule has 1 saturated heterocycles. The predicted octanol–water partition coefficient (Wildman–Crippen LogP) is 2.50. The molecule has 0 aromatic heterocycles. The minimum atomic E-state index is 0.610. The summed E-state index contributed by atoms with van der Waals surface area (Å²) in [6.07, 6.45) is 0.857. The van der Waals surface area contributed by atoms with E-state index in [0.29, 0.717) is 11.3 Å². The maximum Gasteiger partial charge on any atom is 0.154 e. The molecule has 3 rings (SSSR count). The molecule has 0 amide bonds. The van der Waals surface area contributed by atoms with Crippen molar-refractivity contribution >= 4 is 22.7 Å². The van der Waals surface area contributed by atoms with Crippen LogP contribution in [0, 0.1) is 0 Å². The molecular formula is C16H17NO3. The average Bonchev–Trinajstić information content (AvgIpc) is 2.54. The molecule has 0 saturated carbocycles. The second-order valence-corrected chi connectivity index (χ2v) is 4.80. The number of carbonyl (C=O) groups excluding carboxylic acids is 1. The van der Waals surface area contributed by atoms with Crippen LogP contribution in [-0.2, 0) is 4.74 Å². The average molecular weight is 271 g/mol. The molecule has 0 N–H and O–H groups in total. The molecule has 0 unspecified atom stereocenters. The first kappa shape index (κ1) is 12.9. The molecule has 1 fully saturated rings. The van der Waals surface area contributed by atoms with Gasteiger partial charge in [0, 0.05) is 18.8 Å². The largest absolute Gasteiger partial charge is 0.496 e. The number of carbonyl (C=O) groups is 1. The minimum Gasteiger partial charge on any atom is -0.496 e. The van der Waals surface area contributed by atoms with Crippen molar-refractivity contribution in [2.45, 2.75) is 0 Å². The maximum atomic E-state index is 11.3. The number of fused-ring (bicyclic) bond motifs is 1. The lowest BCUT2D eigenvalue weighted by Crippen LogP contribution is -2.36. The monoisotopic (exact) mass is 271 g/mol. The highest BCUT2D eigenvalue weighted by atomic mass is 16.5. The Morgan fingerprint density at radius 1 is 1.20 bits per heavy atom. The number of ether oxygens (including phenoxy) is 2. The summed E-state index contributed by atoms with van der Waals surface area (Å²) < 4.78 is 10.6. The van der Waals surface area contributed by atoms with Gasteiger partial charge in [0.2, 0.25) is 0 Å². The van der Waals surface area contributed by atoms with Gasteiger partial charge in [0.15, 0.2) is 6.29 Å². The first-order valence-electron chi connectivity index (χ1n) is 6.72. The van der Waals surface area contributed by atoms with Crippen molar-refractivity contribution in [3.8, 4) is 5.75 Å². The summed E-state index contributed by atoms with van der Waals surface area (Å²) in [4.78, 5) is 13.6. The fourth-order valence-electron chi connectivity index (χ4n) is 2.64. The molecule has 0 radical (unpaired) electrons. The summed E-state index contributed by atoms with van der Waals surface area (Å²) in [7, 11) is 1.58. The van der Waals surface area contributed by atoms with Gasteiger partial charge in [-0.1, -0.05) is 12.1 Å². The van der Waals surface area contributed by atoms with Gasteiger partial charge in [-0.05, 0) is 29.0 Å². The van der Waals surface area contributed by atoms with Gasteiger partial charge >= 0.3 is 0 Å². The number of hydrogen-bond acceptors (Lipinski definition) is 4. The smallest absolute Gasteiger partial charge is 0.154 e. The van der Waals surface area contributed by atoms with Gasteiger partial charge in [-0.3, -0.25) is 4.79 Å². The van der Waals surface area contributed by atoms with Crippen LogP contribution in [0.4, 0.5) is 5.69 Å². The Labute approximate surface area is 117 Å². The van der Waals surface area contributed by atoms with Crippen LogP contribution < -0.4 is 9.64 Å². The Morgan fingerprint density at radius 2 is 2.00 bits per heavy atom. The molecule has 1 aliphatic heterocycles. The quantitative estimate of drug-likeness (QED) is 0.804. The summed E-state index contributed by atoms with van der Waals surface area (Å²) >= 11 is 0. The molecule has 0 bridgehead atoms. The Morgan fingerprint density at radius 3 is 2.70 bits per heavy atom. The molecule has 4 nitrogen and oxygen atoms in total. The van der Waals surface area contributed by atoms with E-state index < -0.39 is 0 Å². The molecule has 2 aromatic rings. The highest BCUT2D eigenvalue weighted by Gasteiger charge is 2.13. The summed E-state index contributed by atoms with van der Waals surface area (Å²) in [5, 5.41) is 1.98. The summed E-state index contributed by atoms with van der Waals surface area (Å²) in [5.41, 5.74) is 1.78. The zero-order chi connectivity index (χ0) is 13.9. The lowest BCUT2D eigenvalue weighted by Gasteiger charge is -2.29. The molecule has 1 heterocycles. The van der Waals surface area contributed by atoms with Crippen LogP contribution in [0.2, 0.25) is 0 Å². The molecule has 0 aliphatic carbocycles. The van der Waals surface area contributed by atoms with Gasteiger partial charge in [0.25, 0.3) is 0 Å². The van der Waals surface area contributed by atoms with E-state index in [2.05, 4.69) is 17.0 Å². The predicted molar refractivity (Wildman–Crippen MR) is 78.9 cm³/mol. The van der Waals surface area contributed by atoms with Crippen LogP contribution in [0.1, 0.15) is 10.4 Å². The SMILES string of the molecule is COc1ccc2cc(N3CCOCC3)ccc2c1C=O. The van der Waals surface area contributed by atoms with Gasteiger partial charge in [-0.25, -0.2) is 0 Å². The molecule has 0 atom stereocenters. The van der Waals surface area contributed by atoms with Crippen LogP contribution in [0.5, 0.6) is 5.75 Å². The van der Waals surface area contributed by atoms with Crippen molar-refractivity contribution in [1.82, 2.24) is 0 Å². The third-order valence-corrected chi connectivity index (χ3v) is 3.72. The third-order valence-electron chi connectivity index (χ3n) is 3.72. The minimum absolute atomic E-state index is 0.610. The molecule has 4 heteroatoms. The van der Waals surface area contributed by atoms with E-state index in [0.717, 1.165) is 43.4 Å². The maximum absolute atomic E-state index is 11.3. The molecule has 20 heavy (non-hydrogen) atoms. The highest BCUT2D eigenvalue weighted by Crippen LogP contribution is 2.29. The van der Waals surface area contributed by atoms with Gasteiger partial charge < -0.3 is 14.4 Å². The highest BCUT2D eigenvalue weighted by molar-refractivity contribution is 6.01. The number of rotatable bonds is 3. The molecule has 1 aliphatic rings. The van der Waals surface area contributed by atoms with E-state index in [1.54, 1.807) is 7.11 Å². The van der Waals surface area contributed by atoms with E-state index in [9.17, 15) is 4.79 Å². The molecule has 0 spiro atoms. The number of anilines is 1. The van der Waals surface area contributed by atoms with Crippen LogP contribution in [0.15, 0.2) is 30.3 Å².